The molecule has 2 heteroatoms. The summed E-state index contributed by atoms with van der Waals surface area (Å²) in [6.45, 7) is 6.11. The van der Waals surface area contributed by atoms with Gasteiger partial charge in [-0.15, -0.1) is 0 Å². The van der Waals surface area contributed by atoms with Gasteiger partial charge in [0.1, 0.15) is 11.5 Å². The summed E-state index contributed by atoms with van der Waals surface area (Å²) in [7, 11) is 0. The number of allylic oxidation sites excluding steroid dienone is 2. The van der Waals surface area contributed by atoms with E-state index in [4.69, 9.17) is 9.84 Å². The molecule has 0 atom stereocenters. The Morgan fingerprint density at radius 3 is 2.11 bits per heavy atom. The lowest BCUT2D eigenvalue weighted by Crippen LogP contribution is -1.93. The summed E-state index contributed by atoms with van der Waals surface area (Å²) in [5.74, 6) is 0.983. The molecular weight excluding hydrogens is 116 g/mol. The molecule has 0 aromatic carbocycles. The highest BCUT2D eigenvalue weighted by Gasteiger charge is 1.96. The molecule has 0 bridgehead atoms. The van der Waals surface area contributed by atoms with Crippen LogP contribution in [0.5, 0.6) is 0 Å². The monoisotopic (exact) mass is 130 g/mol. The van der Waals surface area contributed by atoms with Crippen LogP contribution in [0, 0.1) is 0 Å². The standard InChI is InChI=1S/C7H14O2/c1-4-7(6(3)8)9-5-2/h8H,4-5H2,1-3H3. The molecular formula is C7H14O2. The average Bonchev–Trinajstić information content (AvgIpc) is 1.82. The van der Waals surface area contributed by atoms with Crippen molar-refractivity contribution < 1.29 is 9.84 Å². The van der Waals surface area contributed by atoms with E-state index in [1.807, 2.05) is 13.8 Å². The molecule has 0 unspecified atom stereocenters. The molecule has 0 spiro atoms. The largest absolute Gasteiger partial charge is 0.509 e. The van der Waals surface area contributed by atoms with E-state index in [0.717, 1.165) is 6.42 Å². The van der Waals surface area contributed by atoms with Crippen LogP contribution >= 0.6 is 0 Å². The molecule has 0 aliphatic rings. The Morgan fingerprint density at radius 2 is 2.00 bits per heavy atom. The molecule has 1 N–H and O–H groups in total. The Balaban J connectivity index is 3.83. The zero-order chi connectivity index (χ0) is 7.28. The van der Waals surface area contributed by atoms with Crippen molar-refractivity contribution in [1.82, 2.24) is 0 Å². The highest BCUT2D eigenvalue weighted by Crippen LogP contribution is 2.06. The molecule has 9 heavy (non-hydrogen) atoms. The van der Waals surface area contributed by atoms with Gasteiger partial charge in [-0.1, -0.05) is 6.92 Å². The van der Waals surface area contributed by atoms with Crippen LogP contribution in [0.4, 0.5) is 0 Å². The molecule has 0 amide bonds. The van der Waals surface area contributed by atoms with Crippen molar-refractivity contribution in [3.05, 3.63) is 11.5 Å². The number of hydrogen-bond acceptors (Lipinski definition) is 2. The van der Waals surface area contributed by atoms with Gasteiger partial charge < -0.3 is 9.84 Å². The number of hydrogen-bond donors (Lipinski definition) is 1. The zero-order valence-electron chi connectivity index (χ0n) is 6.27. The molecule has 0 fully saturated rings. The first-order valence-electron chi connectivity index (χ1n) is 3.23. The maximum atomic E-state index is 8.90. The van der Waals surface area contributed by atoms with Gasteiger partial charge in [0.2, 0.25) is 0 Å². The summed E-state index contributed by atoms with van der Waals surface area (Å²) in [6, 6.07) is 0. The number of ether oxygens (including phenoxy) is 1. The van der Waals surface area contributed by atoms with E-state index in [9.17, 15) is 0 Å². The lowest BCUT2D eigenvalue weighted by atomic mass is 10.3. The van der Waals surface area contributed by atoms with E-state index in [2.05, 4.69) is 0 Å². The van der Waals surface area contributed by atoms with Crippen LogP contribution in [0.25, 0.3) is 0 Å². The van der Waals surface area contributed by atoms with Crippen LogP contribution in [0.1, 0.15) is 27.2 Å². The van der Waals surface area contributed by atoms with Crippen LogP contribution in [-0.2, 0) is 4.74 Å². The van der Waals surface area contributed by atoms with Crippen molar-refractivity contribution in [2.45, 2.75) is 27.2 Å². The normalized spacial score (nSPS) is 12.8. The summed E-state index contributed by atoms with van der Waals surface area (Å²) < 4.78 is 5.08. The van der Waals surface area contributed by atoms with Gasteiger partial charge in [-0.25, -0.2) is 0 Å². The summed E-state index contributed by atoms with van der Waals surface area (Å²) in [5, 5.41) is 8.90. The van der Waals surface area contributed by atoms with Gasteiger partial charge in [-0.2, -0.15) is 0 Å². The van der Waals surface area contributed by atoms with Crippen LogP contribution < -0.4 is 0 Å². The van der Waals surface area contributed by atoms with Crippen LogP contribution in [0.2, 0.25) is 0 Å². The molecule has 54 valence electrons. The molecule has 0 radical (unpaired) electrons. The van der Waals surface area contributed by atoms with Gasteiger partial charge >= 0.3 is 0 Å². The van der Waals surface area contributed by atoms with E-state index in [1.54, 1.807) is 6.92 Å². The van der Waals surface area contributed by atoms with E-state index in [0.29, 0.717) is 18.1 Å². The number of aliphatic hydroxyl groups is 1. The summed E-state index contributed by atoms with van der Waals surface area (Å²) in [5.41, 5.74) is 0. The minimum absolute atomic E-state index is 0.291. The topological polar surface area (TPSA) is 29.5 Å². The zero-order valence-corrected chi connectivity index (χ0v) is 6.27. The van der Waals surface area contributed by atoms with Crippen molar-refractivity contribution in [1.29, 1.82) is 0 Å². The molecule has 0 saturated carbocycles. The van der Waals surface area contributed by atoms with Crippen LogP contribution in [0.15, 0.2) is 11.5 Å². The smallest absolute Gasteiger partial charge is 0.133 e. The Bertz CT molecular complexity index is 101. The molecule has 0 aliphatic heterocycles. The third kappa shape index (κ3) is 3.01. The molecule has 0 heterocycles. The summed E-state index contributed by atoms with van der Waals surface area (Å²) in [6.07, 6.45) is 0.760. The second kappa shape index (κ2) is 4.24. The molecule has 0 aliphatic carbocycles. The Hall–Kier alpha value is -0.660. The minimum atomic E-state index is 0.291. The number of rotatable bonds is 3. The van der Waals surface area contributed by atoms with E-state index in [1.165, 1.54) is 0 Å². The third-order valence-corrected chi connectivity index (χ3v) is 1.04. The SMILES string of the molecule is CCOC(CC)=C(C)O. The predicted molar refractivity (Wildman–Crippen MR) is 37.2 cm³/mol. The Labute approximate surface area is 56.1 Å². The lowest BCUT2D eigenvalue weighted by Gasteiger charge is -2.05. The Kier molecular flexibility index (Phi) is 3.93. The van der Waals surface area contributed by atoms with E-state index in [-0.39, 0.29) is 0 Å². The third-order valence-electron chi connectivity index (χ3n) is 1.04. The number of aliphatic hydroxyl groups excluding tert-OH is 1. The lowest BCUT2D eigenvalue weighted by molar-refractivity contribution is 0.197. The van der Waals surface area contributed by atoms with Crippen molar-refractivity contribution in [3.63, 3.8) is 0 Å². The second-order valence-corrected chi connectivity index (χ2v) is 1.80. The van der Waals surface area contributed by atoms with Crippen molar-refractivity contribution in [3.8, 4) is 0 Å². The van der Waals surface area contributed by atoms with E-state index < -0.39 is 0 Å². The fraction of sp³-hybridized carbons (Fsp3) is 0.714. The molecule has 0 aromatic heterocycles. The second-order valence-electron chi connectivity index (χ2n) is 1.80. The molecule has 0 aromatic rings. The average molecular weight is 130 g/mol. The van der Waals surface area contributed by atoms with Crippen molar-refractivity contribution >= 4 is 0 Å². The predicted octanol–water partition coefficient (Wildman–Crippen LogP) is 2.22. The van der Waals surface area contributed by atoms with Gasteiger partial charge in [-0.05, 0) is 13.8 Å². The fourth-order valence-corrected chi connectivity index (χ4v) is 0.637. The molecule has 0 rings (SSSR count). The van der Waals surface area contributed by atoms with Gasteiger partial charge in [0.15, 0.2) is 0 Å². The first-order chi connectivity index (χ1) is 4.22. The van der Waals surface area contributed by atoms with Gasteiger partial charge in [-0.3, -0.25) is 0 Å². The highest BCUT2D eigenvalue weighted by atomic mass is 16.5. The first kappa shape index (κ1) is 8.34. The van der Waals surface area contributed by atoms with Crippen molar-refractivity contribution in [2.75, 3.05) is 6.61 Å². The minimum Gasteiger partial charge on any atom is -0.509 e. The van der Waals surface area contributed by atoms with Crippen molar-refractivity contribution in [2.24, 2.45) is 0 Å². The van der Waals surface area contributed by atoms with Gasteiger partial charge in [0, 0.05) is 6.42 Å². The fourth-order valence-electron chi connectivity index (χ4n) is 0.637. The molecule has 0 saturated heterocycles. The van der Waals surface area contributed by atoms with E-state index >= 15 is 0 Å². The quantitative estimate of drug-likeness (QED) is 0.593. The molecule has 2 nitrogen and oxygen atoms in total. The summed E-state index contributed by atoms with van der Waals surface area (Å²) in [4.78, 5) is 0. The maximum absolute atomic E-state index is 8.90. The van der Waals surface area contributed by atoms with Gasteiger partial charge in [0.25, 0.3) is 0 Å². The van der Waals surface area contributed by atoms with Crippen LogP contribution in [-0.4, -0.2) is 11.7 Å². The Morgan fingerprint density at radius 1 is 1.44 bits per heavy atom. The summed E-state index contributed by atoms with van der Waals surface area (Å²) >= 11 is 0. The highest BCUT2D eigenvalue weighted by molar-refractivity contribution is 4.95. The van der Waals surface area contributed by atoms with Crippen LogP contribution in [0.3, 0.4) is 0 Å². The maximum Gasteiger partial charge on any atom is 0.133 e. The first-order valence-corrected chi connectivity index (χ1v) is 3.23. The van der Waals surface area contributed by atoms with Gasteiger partial charge in [0.05, 0.1) is 6.61 Å².